The van der Waals surface area contributed by atoms with Gasteiger partial charge in [0.05, 0.1) is 19.0 Å². The van der Waals surface area contributed by atoms with Gasteiger partial charge in [0.1, 0.15) is 12.3 Å². The van der Waals surface area contributed by atoms with Gasteiger partial charge in [-0.25, -0.2) is 0 Å². The molecule has 1 amide bonds. The first kappa shape index (κ1) is 13.9. The van der Waals surface area contributed by atoms with E-state index in [4.69, 9.17) is 4.74 Å². The molecule has 2 aromatic rings. The van der Waals surface area contributed by atoms with Crippen molar-refractivity contribution in [2.24, 2.45) is 0 Å². The summed E-state index contributed by atoms with van der Waals surface area (Å²) in [6, 6.07) is 7.82. The van der Waals surface area contributed by atoms with Crippen molar-refractivity contribution in [2.75, 3.05) is 19.5 Å². The van der Waals surface area contributed by atoms with Crippen molar-refractivity contribution < 1.29 is 9.53 Å². The molecule has 1 heterocycles. The van der Waals surface area contributed by atoms with Crippen LogP contribution in [0.25, 0.3) is 0 Å². The van der Waals surface area contributed by atoms with E-state index in [-0.39, 0.29) is 12.5 Å². The lowest BCUT2D eigenvalue weighted by Gasteiger charge is -2.08. The Bertz CT molecular complexity index is 580. The molecule has 0 aliphatic carbocycles. The molecule has 0 saturated carbocycles. The highest BCUT2D eigenvalue weighted by molar-refractivity contribution is 5.75. The molecule has 0 radical (unpaired) electrons. The van der Waals surface area contributed by atoms with E-state index in [0.29, 0.717) is 6.54 Å². The molecule has 0 saturated heterocycles. The number of aromatic nitrogens is 2. The summed E-state index contributed by atoms with van der Waals surface area (Å²) in [5, 5.41) is 9.93. The van der Waals surface area contributed by atoms with Gasteiger partial charge in [-0.1, -0.05) is 18.2 Å². The van der Waals surface area contributed by atoms with Crippen LogP contribution in [0.2, 0.25) is 0 Å². The van der Waals surface area contributed by atoms with E-state index in [1.807, 2.05) is 24.3 Å². The Labute approximate surface area is 117 Å². The van der Waals surface area contributed by atoms with Crippen LogP contribution in [0, 0.1) is 0 Å². The largest absolute Gasteiger partial charge is 0.496 e. The quantitative estimate of drug-likeness (QED) is 0.832. The third-order valence-corrected chi connectivity index (χ3v) is 2.89. The number of likely N-dealkylation sites (N-methyl/N-ethyl adjacent to an activating group) is 1. The van der Waals surface area contributed by atoms with Crippen LogP contribution in [0.5, 0.6) is 5.75 Å². The van der Waals surface area contributed by atoms with Crippen LogP contribution in [0.15, 0.2) is 36.7 Å². The third-order valence-electron chi connectivity index (χ3n) is 2.89. The van der Waals surface area contributed by atoms with Crippen LogP contribution >= 0.6 is 0 Å². The zero-order valence-electron chi connectivity index (χ0n) is 11.6. The Hall–Kier alpha value is -2.50. The van der Waals surface area contributed by atoms with E-state index in [2.05, 4.69) is 15.7 Å². The molecule has 0 fully saturated rings. The van der Waals surface area contributed by atoms with Crippen molar-refractivity contribution in [3.8, 4) is 5.75 Å². The minimum Gasteiger partial charge on any atom is -0.496 e. The number of ether oxygens (including phenoxy) is 1. The van der Waals surface area contributed by atoms with Gasteiger partial charge in [0.15, 0.2) is 0 Å². The molecule has 6 heteroatoms. The van der Waals surface area contributed by atoms with Crippen LogP contribution < -0.4 is 15.4 Å². The number of anilines is 1. The average Bonchev–Trinajstić information content (AvgIpc) is 2.92. The monoisotopic (exact) mass is 274 g/mol. The third kappa shape index (κ3) is 3.50. The molecule has 2 N–H and O–H groups in total. The maximum atomic E-state index is 11.2. The standard InChI is InChI=1S/C14H18N4O2/c1-15-14(19)10-18-9-12(8-17-18)16-7-11-5-3-4-6-13(11)20-2/h3-6,8-9,16H,7,10H2,1-2H3,(H,15,19). The van der Waals surface area contributed by atoms with Crippen LogP contribution in [0.1, 0.15) is 5.56 Å². The van der Waals surface area contributed by atoms with Crippen LogP contribution in [0.4, 0.5) is 5.69 Å². The number of carbonyl (C=O) groups excluding carboxylic acids is 1. The minimum absolute atomic E-state index is 0.0793. The predicted octanol–water partition coefficient (Wildman–Crippen LogP) is 1.25. The Morgan fingerprint density at radius 3 is 2.95 bits per heavy atom. The average molecular weight is 274 g/mol. The van der Waals surface area contributed by atoms with E-state index in [1.165, 1.54) is 0 Å². The van der Waals surface area contributed by atoms with E-state index in [1.54, 1.807) is 31.2 Å². The molecule has 0 bridgehead atoms. The Kier molecular flexibility index (Phi) is 4.60. The van der Waals surface area contributed by atoms with Gasteiger partial charge in [0.25, 0.3) is 0 Å². The lowest BCUT2D eigenvalue weighted by Crippen LogP contribution is -2.23. The van der Waals surface area contributed by atoms with Gasteiger partial charge < -0.3 is 15.4 Å². The Morgan fingerprint density at radius 2 is 2.20 bits per heavy atom. The summed E-state index contributed by atoms with van der Waals surface area (Å²) in [6.45, 7) is 0.850. The fourth-order valence-electron chi connectivity index (χ4n) is 1.81. The molecule has 1 aromatic heterocycles. The molecule has 106 valence electrons. The summed E-state index contributed by atoms with van der Waals surface area (Å²) in [7, 11) is 3.26. The first-order valence-electron chi connectivity index (χ1n) is 6.31. The van der Waals surface area contributed by atoms with Crippen LogP contribution in [0.3, 0.4) is 0 Å². The maximum absolute atomic E-state index is 11.2. The lowest BCUT2D eigenvalue weighted by atomic mass is 10.2. The van der Waals surface area contributed by atoms with Crippen molar-refractivity contribution in [2.45, 2.75) is 13.1 Å². The zero-order chi connectivity index (χ0) is 14.4. The van der Waals surface area contributed by atoms with Gasteiger partial charge in [-0.15, -0.1) is 0 Å². The number of para-hydroxylation sites is 1. The van der Waals surface area contributed by atoms with Crippen molar-refractivity contribution in [1.82, 2.24) is 15.1 Å². The highest BCUT2D eigenvalue weighted by atomic mass is 16.5. The molecular weight excluding hydrogens is 256 g/mol. The fraction of sp³-hybridized carbons (Fsp3) is 0.286. The van der Waals surface area contributed by atoms with Crippen LogP contribution in [-0.4, -0.2) is 29.8 Å². The number of carbonyl (C=O) groups is 1. The molecule has 0 atom stereocenters. The second kappa shape index (κ2) is 6.60. The van der Waals surface area contributed by atoms with Gasteiger partial charge in [0.2, 0.25) is 5.91 Å². The van der Waals surface area contributed by atoms with E-state index >= 15 is 0 Å². The van der Waals surface area contributed by atoms with Gasteiger partial charge in [0, 0.05) is 25.4 Å². The number of hydrogen-bond donors (Lipinski definition) is 2. The first-order valence-corrected chi connectivity index (χ1v) is 6.31. The van der Waals surface area contributed by atoms with E-state index < -0.39 is 0 Å². The molecule has 0 spiro atoms. The number of nitrogens with zero attached hydrogens (tertiary/aromatic N) is 2. The fourth-order valence-corrected chi connectivity index (χ4v) is 1.81. The molecule has 6 nitrogen and oxygen atoms in total. The number of benzene rings is 1. The SMILES string of the molecule is CNC(=O)Cn1cc(NCc2ccccc2OC)cn1. The summed E-state index contributed by atoms with van der Waals surface area (Å²) in [5.41, 5.74) is 1.92. The topological polar surface area (TPSA) is 68.2 Å². The Balaban J connectivity index is 1.96. The van der Waals surface area contributed by atoms with Gasteiger partial charge in [-0.3, -0.25) is 9.48 Å². The number of amides is 1. The molecule has 0 aliphatic heterocycles. The summed E-state index contributed by atoms with van der Waals surface area (Å²) < 4.78 is 6.88. The first-order chi connectivity index (χ1) is 9.72. The van der Waals surface area contributed by atoms with E-state index in [9.17, 15) is 4.79 Å². The summed E-state index contributed by atoms with van der Waals surface area (Å²) in [5.74, 6) is 0.766. The molecular formula is C14H18N4O2. The van der Waals surface area contributed by atoms with Crippen molar-refractivity contribution >= 4 is 11.6 Å². The van der Waals surface area contributed by atoms with E-state index in [0.717, 1.165) is 17.0 Å². The number of rotatable bonds is 6. The summed E-state index contributed by atoms with van der Waals surface area (Å²) in [4.78, 5) is 11.2. The van der Waals surface area contributed by atoms with Gasteiger partial charge >= 0.3 is 0 Å². The number of hydrogen-bond acceptors (Lipinski definition) is 4. The molecule has 0 unspecified atom stereocenters. The highest BCUT2D eigenvalue weighted by Crippen LogP contribution is 2.18. The molecule has 1 aromatic carbocycles. The highest BCUT2D eigenvalue weighted by Gasteiger charge is 2.04. The number of nitrogens with one attached hydrogen (secondary N) is 2. The predicted molar refractivity (Wildman–Crippen MR) is 76.6 cm³/mol. The van der Waals surface area contributed by atoms with Crippen molar-refractivity contribution in [1.29, 1.82) is 0 Å². The summed E-state index contributed by atoms with van der Waals surface area (Å²) >= 11 is 0. The second-order valence-electron chi connectivity index (χ2n) is 4.27. The number of methoxy groups -OCH3 is 1. The molecule has 2 rings (SSSR count). The Morgan fingerprint density at radius 1 is 1.40 bits per heavy atom. The van der Waals surface area contributed by atoms with Gasteiger partial charge in [-0.2, -0.15) is 5.10 Å². The second-order valence-corrected chi connectivity index (χ2v) is 4.27. The molecule has 20 heavy (non-hydrogen) atoms. The lowest BCUT2D eigenvalue weighted by molar-refractivity contribution is -0.121. The van der Waals surface area contributed by atoms with Gasteiger partial charge in [-0.05, 0) is 6.07 Å². The maximum Gasteiger partial charge on any atom is 0.241 e. The summed E-state index contributed by atoms with van der Waals surface area (Å²) in [6.07, 6.45) is 3.49. The smallest absolute Gasteiger partial charge is 0.241 e. The van der Waals surface area contributed by atoms with Crippen molar-refractivity contribution in [3.05, 3.63) is 42.2 Å². The molecule has 0 aliphatic rings. The minimum atomic E-state index is -0.0793. The van der Waals surface area contributed by atoms with Crippen molar-refractivity contribution in [3.63, 3.8) is 0 Å². The zero-order valence-corrected chi connectivity index (χ0v) is 11.6. The van der Waals surface area contributed by atoms with Crippen LogP contribution in [-0.2, 0) is 17.9 Å². The normalized spacial score (nSPS) is 10.1.